The van der Waals surface area contributed by atoms with Gasteiger partial charge in [-0.05, 0) is 0 Å². The van der Waals surface area contributed by atoms with Crippen molar-refractivity contribution in [2.45, 2.75) is 4.71 Å². The van der Waals surface area contributed by atoms with Gasteiger partial charge in [0.2, 0.25) is 0 Å². The smallest absolute Gasteiger partial charge is 0.102 e. The van der Waals surface area contributed by atoms with E-state index in [0.717, 1.165) is 4.91 Å². The number of rotatable bonds is 0. The fourth-order valence-corrected chi connectivity index (χ4v) is 1.43. The summed E-state index contributed by atoms with van der Waals surface area (Å²) in [4.78, 5) is 1.06. The van der Waals surface area contributed by atoms with Crippen LogP contribution in [-0.4, -0.2) is 4.71 Å². The second-order valence-electron chi connectivity index (χ2n) is 1.29. The summed E-state index contributed by atoms with van der Waals surface area (Å²) in [7, 11) is 0. The van der Waals surface area contributed by atoms with E-state index in [2.05, 4.69) is 6.58 Å². The molecule has 0 aromatic heterocycles. The van der Waals surface area contributed by atoms with Crippen molar-refractivity contribution in [1.82, 2.24) is 0 Å². The maximum atomic E-state index is 5.62. The predicted molar refractivity (Wildman–Crippen MR) is 35.5 cm³/mol. The first-order valence-electron chi connectivity index (χ1n) is 1.97. The highest BCUT2D eigenvalue weighted by molar-refractivity contribution is 8.05. The number of allylic oxidation sites excluding steroid dienone is 1. The standard InChI is InChI=1S/C5H5ClS/c1-4-2-3-5(6)7-4/h2-3,5H,1H2. The molecule has 1 unspecified atom stereocenters. The summed E-state index contributed by atoms with van der Waals surface area (Å²) in [6.45, 7) is 3.70. The molecule has 2 heteroatoms. The molecule has 0 N–H and O–H groups in total. The Morgan fingerprint density at radius 3 is 2.71 bits per heavy atom. The van der Waals surface area contributed by atoms with Crippen LogP contribution in [0.4, 0.5) is 0 Å². The third-order valence-electron chi connectivity index (χ3n) is 0.697. The lowest BCUT2D eigenvalue weighted by atomic mass is 10.5. The number of hydrogen-bond acceptors (Lipinski definition) is 1. The topological polar surface area (TPSA) is 0 Å². The van der Waals surface area contributed by atoms with Crippen molar-refractivity contribution < 1.29 is 0 Å². The first-order valence-corrected chi connectivity index (χ1v) is 3.28. The van der Waals surface area contributed by atoms with Gasteiger partial charge in [-0.1, -0.05) is 18.7 Å². The maximum Gasteiger partial charge on any atom is 0.102 e. The van der Waals surface area contributed by atoms with Crippen molar-refractivity contribution in [3.8, 4) is 0 Å². The largest absolute Gasteiger partial charge is 0.106 e. The highest BCUT2D eigenvalue weighted by Crippen LogP contribution is 2.31. The summed E-state index contributed by atoms with van der Waals surface area (Å²) in [5, 5.41) is 0. The Balaban J connectivity index is 2.58. The zero-order valence-corrected chi connectivity index (χ0v) is 5.30. The molecule has 0 radical (unpaired) electrons. The lowest BCUT2D eigenvalue weighted by Crippen LogP contribution is -1.72. The van der Waals surface area contributed by atoms with E-state index in [1.54, 1.807) is 11.8 Å². The van der Waals surface area contributed by atoms with Crippen LogP contribution in [-0.2, 0) is 0 Å². The van der Waals surface area contributed by atoms with Crippen LogP contribution in [0.15, 0.2) is 23.6 Å². The molecule has 0 aromatic rings. The van der Waals surface area contributed by atoms with Gasteiger partial charge >= 0.3 is 0 Å². The van der Waals surface area contributed by atoms with Gasteiger partial charge < -0.3 is 0 Å². The van der Waals surface area contributed by atoms with Crippen molar-refractivity contribution in [3.63, 3.8) is 0 Å². The van der Waals surface area contributed by atoms with Gasteiger partial charge in [0.15, 0.2) is 0 Å². The molecule has 0 saturated carbocycles. The highest BCUT2D eigenvalue weighted by atomic mass is 35.5. The molecule has 0 spiro atoms. The summed E-state index contributed by atoms with van der Waals surface area (Å²) < 4.78 is 0.132. The van der Waals surface area contributed by atoms with Crippen molar-refractivity contribution in [1.29, 1.82) is 0 Å². The molecule has 1 aliphatic heterocycles. The fourth-order valence-electron chi connectivity index (χ4n) is 0.406. The minimum Gasteiger partial charge on any atom is -0.106 e. The molecule has 1 aliphatic rings. The summed E-state index contributed by atoms with van der Waals surface area (Å²) in [5.41, 5.74) is 0. The van der Waals surface area contributed by atoms with Crippen LogP contribution in [0.5, 0.6) is 0 Å². The zero-order valence-electron chi connectivity index (χ0n) is 3.73. The van der Waals surface area contributed by atoms with E-state index in [1.807, 2.05) is 12.2 Å². The van der Waals surface area contributed by atoms with Crippen LogP contribution in [0.2, 0.25) is 0 Å². The third-order valence-corrected chi connectivity index (χ3v) is 1.93. The minimum absolute atomic E-state index is 0.132. The Morgan fingerprint density at radius 1 is 1.86 bits per heavy atom. The quantitative estimate of drug-likeness (QED) is 0.456. The van der Waals surface area contributed by atoms with E-state index in [0.29, 0.717) is 0 Å². The average Bonchev–Trinajstić information content (AvgIpc) is 1.87. The van der Waals surface area contributed by atoms with Crippen LogP contribution < -0.4 is 0 Å². The van der Waals surface area contributed by atoms with E-state index in [9.17, 15) is 0 Å². The van der Waals surface area contributed by atoms with E-state index in [-0.39, 0.29) is 4.71 Å². The third kappa shape index (κ3) is 1.25. The van der Waals surface area contributed by atoms with Gasteiger partial charge in [-0.2, -0.15) is 0 Å². The van der Waals surface area contributed by atoms with E-state index in [4.69, 9.17) is 11.6 Å². The molecule has 38 valence electrons. The van der Waals surface area contributed by atoms with Crippen LogP contribution in [0.3, 0.4) is 0 Å². The van der Waals surface area contributed by atoms with Crippen LogP contribution in [0.25, 0.3) is 0 Å². The molecular formula is C5H5ClS. The molecule has 7 heavy (non-hydrogen) atoms. The van der Waals surface area contributed by atoms with Crippen molar-refractivity contribution in [3.05, 3.63) is 23.6 Å². The van der Waals surface area contributed by atoms with E-state index in [1.165, 1.54) is 0 Å². The second-order valence-corrected chi connectivity index (χ2v) is 3.29. The Morgan fingerprint density at radius 2 is 2.57 bits per heavy atom. The lowest BCUT2D eigenvalue weighted by Gasteiger charge is -1.89. The van der Waals surface area contributed by atoms with Gasteiger partial charge in [-0.3, -0.25) is 0 Å². The molecule has 1 rings (SSSR count). The first kappa shape index (κ1) is 5.26. The molecule has 0 nitrogen and oxygen atoms in total. The van der Waals surface area contributed by atoms with Crippen molar-refractivity contribution in [2.75, 3.05) is 0 Å². The van der Waals surface area contributed by atoms with Gasteiger partial charge in [0, 0.05) is 4.91 Å². The summed E-state index contributed by atoms with van der Waals surface area (Å²) >= 11 is 7.20. The second kappa shape index (κ2) is 1.93. The Bertz CT molecular complexity index is 117. The summed E-state index contributed by atoms with van der Waals surface area (Å²) in [6.07, 6.45) is 3.86. The molecule has 0 fully saturated rings. The molecule has 0 aliphatic carbocycles. The molecule has 1 atom stereocenters. The lowest BCUT2D eigenvalue weighted by molar-refractivity contribution is 1.68. The zero-order chi connectivity index (χ0) is 5.28. The van der Waals surface area contributed by atoms with Gasteiger partial charge in [0.25, 0.3) is 0 Å². The molecule has 0 bridgehead atoms. The number of thioether (sulfide) groups is 1. The summed E-state index contributed by atoms with van der Waals surface area (Å²) in [6, 6.07) is 0. The van der Waals surface area contributed by atoms with Gasteiger partial charge in [0.05, 0.1) is 0 Å². The van der Waals surface area contributed by atoms with Gasteiger partial charge in [0.1, 0.15) is 4.71 Å². The average molecular weight is 133 g/mol. The predicted octanol–water partition coefficient (Wildman–Crippen LogP) is 2.37. The molecule has 1 heterocycles. The normalized spacial score (nSPS) is 29.3. The molecule has 0 amide bonds. The molecular weight excluding hydrogens is 128 g/mol. The monoisotopic (exact) mass is 132 g/mol. The van der Waals surface area contributed by atoms with Gasteiger partial charge in [-0.25, -0.2) is 0 Å². The number of halogens is 1. The molecule has 0 saturated heterocycles. The Hall–Kier alpha value is 0.120. The van der Waals surface area contributed by atoms with Gasteiger partial charge in [-0.15, -0.1) is 23.4 Å². The van der Waals surface area contributed by atoms with Crippen LogP contribution in [0, 0.1) is 0 Å². The maximum absolute atomic E-state index is 5.62. The number of alkyl halides is 1. The minimum atomic E-state index is 0.132. The molecule has 0 aromatic carbocycles. The Labute approximate surface area is 52.2 Å². The van der Waals surface area contributed by atoms with Crippen LogP contribution in [0.1, 0.15) is 0 Å². The van der Waals surface area contributed by atoms with Crippen LogP contribution >= 0.6 is 23.4 Å². The van der Waals surface area contributed by atoms with Crippen molar-refractivity contribution in [2.24, 2.45) is 0 Å². The van der Waals surface area contributed by atoms with E-state index >= 15 is 0 Å². The SMILES string of the molecule is C=C1C=CC(Cl)S1. The Kier molecular flexibility index (Phi) is 1.45. The van der Waals surface area contributed by atoms with E-state index < -0.39 is 0 Å². The van der Waals surface area contributed by atoms with Crippen molar-refractivity contribution >= 4 is 23.4 Å². The summed E-state index contributed by atoms with van der Waals surface area (Å²) in [5.74, 6) is 0. The number of hydrogen-bond donors (Lipinski definition) is 0. The highest BCUT2D eigenvalue weighted by Gasteiger charge is 2.06. The first-order chi connectivity index (χ1) is 3.29. The fraction of sp³-hybridized carbons (Fsp3) is 0.200.